The third kappa shape index (κ3) is 5.02. The van der Waals surface area contributed by atoms with E-state index in [1.165, 1.54) is 0 Å². The Morgan fingerprint density at radius 1 is 1.28 bits per heavy atom. The van der Waals surface area contributed by atoms with Gasteiger partial charge in [0.15, 0.2) is 0 Å². The SMILES string of the molecule is CC(C)CCOc1ccccc1CNC(=O)c1ccnc(C2CC2)n1. The Balaban J connectivity index is 1.59. The third-order valence-electron chi connectivity index (χ3n) is 4.21. The average molecular weight is 339 g/mol. The summed E-state index contributed by atoms with van der Waals surface area (Å²) in [7, 11) is 0. The minimum atomic E-state index is -0.179. The maximum absolute atomic E-state index is 12.4. The van der Waals surface area contributed by atoms with E-state index in [1.54, 1.807) is 12.3 Å². The van der Waals surface area contributed by atoms with Crippen molar-refractivity contribution in [2.75, 3.05) is 6.61 Å². The van der Waals surface area contributed by atoms with Crippen molar-refractivity contribution in [1.29, 1.82) is 0 Å². The highest BCUT2D eigenvalue weighted by atomic mass is 16.5. The molecule has 1 aromatic heterocycles. The van der Waals surface area contributed by atoms with Gasteiger partial charge in [0.05, 0.1) is 6.61 Å². The fourth-order valence-corrected chi connectivity index (χ4v) is 2.50. The van der Waals surface area contributed by atoms with Crippen LogP contribution in [0.4, 0.5) is 0 Å². The molecule has 132 valence electrons. The van der Waals surface area contributed by atoms with E-state index < -0.39 is 0 Å². The van der Waals surface area contributed by atoms with E-state index in [9.17, 15) is 4.79 Å². The van der Waals surface area contributed by atoms with Gasteiger partial charge < -0.3 is 10.1 Å². The fourth-order valence-electron chi connectivity index (χ4n) is 2.50. The van der Waals surface area contributed by atoms with Crippen LogP contribution in [0.3, 0.4) is 0 Å². The molecule has 1 amide bonds. The first kappa shape index (κ1) is 17.4. The molecule has 1 fully saturated rings. The molecule has 1 aliphatic rings. The van der Waals surface area contributed by atoms with Crippen molar-refractivity contribution in [3.8, 4) is 5.75 Å². The van der Waals surface area contributed by atoms with Gasteiger partial charge in [-0.3, -0.25) is 4.79 Å². The molecule has 25 heavy (non-hydrogen) atoms. The zero-order chi connectivity index (χ0) is 17.6. The largest absolute Gasteiger partial charge is 0.493 e. The van der Waals surface area contributed by atoms with Crippen LogP contribution >= 0.6 is 0 Å². The maximum Gasteiger partial charge on any atom is 0.270 e. The number of nitrogens with zero attached hydrogens (tertiary/aromatic N) is 2. The Labute approximate surface area is 148 Å². The van der Waals surface area contributed by atoms with Crippen molar-refractivity contribution >= 4 is 5.91 Å². The summed E-state index contributed by atoms with van der Waals surface area (Å²) < 4.78 is 5.87. The van der Waals surface area contributed by atoms with Crippen molar-refractivity contribution in [3.63, 3.8) is 0 Å². The maximum atomic E-state index is 12.4. The molecule has 5 heteroatoms. The molecule has 2 aromatic rings. The van der Waals surface area contributed by atoms with Gasteiger partial charge in [-0.15, -0.1) is 0 Å². The van der Waals surface area contributed by atoms with Gasteiger partial charge in [0.2, 0.25) is 0 Å². The number of ether oxygens (including phenoxy) is 1. The van der Waals surface area contributed by atoms with Gasteiger partial charge in [0, 0.05) is 24.2 Å². The number of benzene rings is 1. The molecule has 0 radical (unpaired) electrons. The van der Waals surface area contributed by atoms with Crippen LogP contribution in [0.1, 0.15) is 60.9 Å². The lowest BCUT2D eigenvalue weighted by molar-refractivity contribution is 0.0945. The molecule has 0 bridgehead atoms. The van der Waals surface area contributed by atoms with Gasteiger partial charge in [0.1, 0.15) is 17.3 Å². The number of amides is 1. The molecule has 0 spiro atoms. The average Bonchev–Trinajstić information content (AvgIpc) is 3.45. The van der Waals surface area contributed by atoms with Crippen LogP contribution in [0.5, 0.6) is 5.75 Å². The zero-order valence-corrected chi connectivity index (χ0v) is 14.9. The number of hydrogen-bond donors (Lipinski definition) is 1. The second-order valence-electron chi connectivity index (χ2n) is 6.90. The van der Waals surface area contributed by atoms with E-state index in [2.05, 4.69) is 29.1 Å². The summed E-state index contributed by atoms with van der Waals surface area (Å²) in [5.41, 5.74) is 1.39. The molecule has 0 unspecified atom stereocenters. The molecule has 5 nitrogen and oxygen atoms in total. The van der Waals surface area contributed by atoms with Gasteiger partial charge in [-0.1, -0.05) is 32.0 Å². The van der Waals surface area contributed by atoms with E-state index in [1.807, 2.05) is 24.3 Å². The Bertz CT molecular complexity index is 726. The number of carbonyl (C=O) groups is 1. The van der Waals surface area contributed by atoms with Crippen molar-refractivity contribution in [2.45, 2.75) is 45.6 Å². The van der Waals surface area contributed by atoms with E-state index in [-0.39, 0.29) is 5.91 Å². The van der Waals surface area contributed by atoms with Gasteiger partial charge in [-0.05, 0) is 37.3 Å². The lowest BCUT2D eigenvalue weighted by Gasteiger charge is -2.13. The molecule has 1 N–H and O–H groups in total. The fraction of sp³-hybridized carbons (Fsp3) is 0.450. The first-order chi connectivity index (χ1) is 12.1. The first-order valence-electron chi connectivity index (χ1n) is 8.95. The summed E-state index contributed by atoms with van der Waals surface area (Å²) in [5, 5.41) is 2.93. The van der Waals surface area contributed by atoms with Crippen LogP contribution in [0.25, 0.3) is 0 Å². The Morgan fingerprint density at radius 2 is 2.08 bits per heavy atom. The standard InChI is InChI=1S/C20H25N3O2/c1-14(2)10-12-25-18-6-4-3-5-16(18)13-22-20(24)17-9-11-21-19(23-17)15-7-8-15/h3-6,9,11,14-15H,7-8,10,12-13H2,1-2H3,(H,22,24). The molecule has 1 aliphatic carbocycles. The highest BCUT2D eigenvalue weighted by Crippen LogP contribution is 2.37. The zero-order valence-electron chi connectivity index (χ0n) is 14.9. The lowest BCUT2D eigenvalue weighted by Crippen LogP contribution is -2.24. The molecular formula is C20H25N3O2. The third-order valence-corrected chi connectivity index (χ3v) is 4.21. The summed E-state index contributed by atoms with van der Waals surface area (Å²) in [6, 6.07) is 9.47. The summed E-state index contributed by atoms with van der Waals surface area (Å²) in [6.45, 7) is 5.44. The summed E-state index contributed by atoms with van der Waals surface area (Å²) in [4.78, 5) is 21.0. The van der Waals surface area contributed by atoms with E-state index >= 15 is 0 Å². The summed E-state index contributed by atoms with van der Waals surface area (Å²) in [6.07, 6.45) is 4.91. The number of aromatic nitrogens is 2. The van der Waals surface area contributed by atoms with Crippen molar-refractivity contribution in [3.05, 3.63) is 53.6 Å². The minimum absolute atomic E-state index is 0.179. The molecule has 3 rings (SSSR count). The molecule has 1 aromatic carbocycles. The van der Waals surface area contributed by atoms with Gasteiger partial charge in [-0.25, -0.2) is 9.97 Å². The summed E-state index contributed by atoms with van der Waals surface area (Å²) >= 11 is 0. The highest BCUT2D eigenvalue weighted by molar-refractivity contribution is 5.92. The number of hydrogen-bond acceptors (Lipinski definition) is 4. The van der Waals surface area contributed by atoms with Crippen LogP contribution in [-0.2, 0) is 6.54 Å². The van der Waals surface area contributed by atoms with Crippen LogP contribution in [-0.4, -0.2) is 22.5 Å². The summed E-state index contributed by atoms with van der Waals surface area (Å²) in [5.74, 6) is 2.46. The Morgan fingerprint density at radius 3 is 2.84 bits per heavy atom. The van der Waals surface area contributed by atoms with Crippen LogP contribution in [0.15, 0.2) is 36.5 Å². The van der Waals surface area contributed by atoms with Crippen molar-refractivity contribution in [2.24, 2.45) is 5.92 Å². The predicted molar refractivity (Wildman–Crippen MR) is 96.6 cm³/mol. The van der Waals surface area contributed by atoms with Gasteiger partial charge in [0.25, 0.3) is 5.91 Å². The molecule has 0 saturated heterocycles. The second-order valence-corrected chi connectivity index (χ2v) is 6.90. The van der Waals surface area contributed by atoms with Gasteiger partial charge in [-0.2, -0.15) is 0 Å². The smallest absolute Gasteiger partial charge is 0.270 e. The normalized spacial score (nSPS) is 13.7. The lowest BCUT2D eigenvalue weighted by atomic mass is 10.1. The molecule has 0 atom stereocenters. The Hall–Kier alpha value is -2.43. The quantitative estimate of drug-likeness (QED) is 0.796. The molecule has 0 aliphatic heterocycles. The van der Waals surface area contributed by atoms with Gasteiger partial charge >= 0.3 is 0 Å². The van der Waals surface area contributed by atoms with Crippen LogP contribution < -0.4 is 10.1 Å². The first-order valence-corrected chi connectivity index (χ1v) is 8.95. The number of rotatable bonds is 8. The second kappa shape index (κ2) is 8.10. The van der Waals surface area contributed by atoms with E-state index in [0.29, 0.717) is 30.7 Å². The van der Waals surface area contributed by atoms with Crippen molar-refractivity contribution in [1.82, 2.24) is 15.3 Å². The van der Waals surface area contributed by atoms with Crippen LogP contribution in [0.2, 0.25) is 0 Å². The monoisotopic (exact) mass is 339 g/mol. The minimum Gasteiger partial charge on any atom is -0.493 e. The number of nitrogens with one attached hydrogen (secondary N) is 1. The number of carbonyl (C=O) groups excluding carboxylic acids is 1. The van der Waals surface area contributed by atoms with Crippen molar-refractivity contribution < 1.29 is 9.53 Å². The highest BCUT2D eigenvalue weighted by Gasteiger charge is 2.27. The molecule has 1 heterocycles. The topological polar surface area (TPSA) is 64.1 Å². The molecule has 1 saturated carbocycles. The number of para-hydroxylation sites is 1. The predicted octanol–water partition coefficient (Wildman–Crippen LogP) is 3.71. The van der Waals surface area contributed by atoms with E-state index in [4.69, 9.17) is 4.74 Å². The van der Waals surface area contributed by atoms with Crippen LogP contribution in [0, 0.1) is 5.92 Å². The Kier molecular flexibility index (Phi) is 5.64. The van der Waals surface area contributed by atoms with E-state index in [0.717, 1.165) is 36.4 Å². The molecular weight excluding hydrogens is 314 g/mol.